The first-order chi connectivity index (χ1) is 14.8. The van der Waals surface area contributed by atoms with Gasteiger partial charge < -0.3 is 10.8 Å². The number of rotatable bonds is 4. The van der Waals surface area contributed by atoms with Crippen molar-refractivity contribution in [2.75, 3.05) is 5.73 Å². The molecule has 0 atom stereocenters. The van der Waals surface area contributed by atoms with Crippen molar-refractivity contribution in [3.63, 3.8) is 0 Å². The van der Waals surface area contributed by atoms with Gasteiger partial charge >= 0.3 is 5.97 Å². The van der Waals surface area contributed by atoms with Gasteiger partial charge in [0.1, 0.15) is 11.6 Å². The Balaban J connectivity index is 2.17. The monoisotopic (exact) mass is 459 g/mol. The molecule has 0 aliphatic carbocycles. The van der Waals surface area contributed by atoms with Crippen molar-refractivity contribution in [2.45, 2.75) is 0 Å². The number of aromatic nitrogens is 2. The van der Waals surface area contributed by atoms with E-state index in [1.165, 1.54) is 34.9 Å². The number of carboxylic acid groups (broad SMARTS) is 1. The lowest BCUT2D eigenvalue weighted by atomic mass is 10.1. The summed E-state index contributed by atoms with van der Waals surface area (Å²) < 4.78 is 30.2. The largest absolute Gasteiger partial charge is 0.476 e. The highest BCUT2D eigenvalue weighted by Gasteiger charge is 2.28. The summed E-state index contributed by atoms with van der Waals surface area (Å²) in [5.41, 5.74) is 6.55. The van der Waals surface area contributed by atoms with Gasteiger partial charge in [0, 0.05) is 16.8 Å². The molecule has 3 N–H and O–H groups in total. The molecule has 0 radical (unpaired) electrons. The summed E-state index contributed by atoms with van der Waals surface area (Å²) >= 11 is 11.9. The lowest BCUT2D eigenvalue weighted by molar-refractivity contribution is 0.0692. The number of aromatic carboxylic acids is 1. The molecule has 31 heavy (non-hydrogen) atoms. The molecule has 156 valence electrons. The number of anilines is 1. The molecule has 0 aliphatic rings. The van der Waals surface area contributed by atoms with Crippen molar-refractivity contribution in [1.82, 2.24) is 9.55 Å². The highest BCUT2D eigenvalue weighted by Crippen LogP contribution is 2.38. The van der Waals surface area contributed by atoms with Crippen molar-refractivity contribution in [2.24, 2.45) is 0 Å². The lowest BCUT2D eigenvalue weighted by Gasteiger charge is -2.15. The van der Waals surface area contributed by atoms with Crippen LogP contribution < -0.4 is 5.73 Å². The van der Waals surface area contributed by atoms with Crippen LogP contribution in [0.15, 0.2) is 60.7 Å². The predicted octanol–water partition coefficient (Wildman–Crippen LogP) is 6.07. The maximum absolute atomic E-state index is 15.1. The molecule has 0 spiro atoms. The molecule has 1 heterocycles. The quantitative estimate of drug-likeness (QED) is 0.362. The highest BCUT2D eigenvalue weighted by atomic mass is 35.5. The number of carboxylic acids is 1. The van der Waals surface area contributed by atoms with Gasteiger partial charge in [-0.25, -0.2) is 18.6 Å². The van der Waals surface area contributed by atoms with Crippen LogP contribution in [0.2, 0.25) is 10.0 Å². The number of imidazole rings is 1. The molecule has 0 saturated heterocycles. The molecule has 5 nitrogen and oxygen atoms in total. The van der Waals surface area contributed by atoms with E-state index < -0.39 is 17.6 Å². The third-order valence-corrected chi connectivity index (χ3v) is 5.23. The SMILES string of the molecule is Nc1ccccc1-c1nc(C(=O)O)c(-c2ccc(F)c(Cl)c2)n1-c1cccc(Cl)c1F. The maximum Gasteiger partial charge on any atom is 0.356 e. The van der Waals surface area contributed by atoms with Crippen LogP contribution in [0, 0.1) is 11.6 Å². The van der Waals surface area contributed by atoms with E-state index in [1.807, 2.05) is 0 Å². The van der Waals surface area contributed by atoms with Crippen LogP contribution in [-0.2, 0) is 0 Å². The molecule has 0 saturated carbocycles. The molecular formula is C22H13Cl2F2N3O2. The molecule has 0 aliphatic heterocycles. The number of nitrogen functional groups attached to an aromatic ring is 1. The Bertz CT molecular complexity index is 1340. The number of hydrogen-bond acceptors (Lipinski definition) is 3. The van der Waals surface area contributed by atoms with Crippen LogP contribution in [0.1, 0.15) is 10.5 Å². The van der Waals surface area contributed by atoms with Crippen molar-refractivity contribution in [3.05, 3.63) is 88.0 Å². The van der Waals surface area contributed by atoms with Crippen LogP contribution in [0.25, 0.3) is 28.3 Å². The first kappa shape index (κ1) is 20.8. The van der Waals surface area contributed by atoms with E-state index in [0.717, 1.165) is 6.07 Å². The number of nitrogens with two attached hydrogens (primary N) is 1. The molecule has 0 fully saturated rings. The first-order valence-corrected chi connectivity index (χ1v) is 9.66. The fourth-order valence-corrected chi connectivity index (χ4v) is 3.61. The van der Waals surface area contributed by atoms with Crippen molar-refractivity contribution < 1.29 is 18.7 Å². The first-order valence-electron chi connectivity index (χ1n) is 8.90. The van der Waals surface area contributed by atoms with Gasteiger partial charge in [-0.05, 0) is 42.5 Å². The molecular weight excluding hydrogens is 447 g/mol. The lowest BCUT2D eigenvalue weighted by Crippen LogP contribution is -2.06. The van der Waals surface area contributed by atoms with E-state index in [9.17, 15) is 14.3 Å². The van der Waals surface area contributed by atoms with Crippen LogP contribution in [0.5, 0.6) is 0 Å². The number of hydrogen-bond donors (Lipinski definition) is 2. The minimum atomic E-state index is -1.37. The smallest absolute Gasteiger partial charge is 0.356 e. The van der Waals surface area contributed by atoms with Gasteiger partial charge in [0.15, 0.2) is 11.5 Å². The van der Waals surface area contributed by atoms with E-state index in [-0.39, 0.29) is 38.5 Å². The van der Waals surface area contributed by atoms with E-state index in [0.29, 0.717) is 11.3 Å². The molecule has 1 aromatic heterocycles. The Morgan fingerprint density at radius 2 is 1.74 bits per heavy atom. The summed E-state index contributed by atoms with van der Waals surface area (Å²) in [6, 6.07) is 14.6. The zero-order valence-corrected chi connectivity index (χ0v) is 17.1. The second-order valence-corrected chi connectivity index (χ2v) is 7.38. The summed E-state index contributed by atoms with van der Waals surface area (Å²) in [6.07, 6.45) is 0. The molecule has 0 bridgehead atoms. The van der Waals surface area contributed by atoms with Gasteiger partial charge in [0.25, 0.3) is 0 Å². The van der Waals surface area contributed by atoms with E-state index in [1.54, 1.807) is 24.3 Å². The van der Waals surface area contributed by atoms with Gasteiger partial charge in [-0.15, -0.1) is 0 Å². The van der Waals surface area contributed by atoms with Gasteiger partial charge in [0.2, 0.25) is 0 Å². The maximum atomic E-state index is 15.1. The number of halogens is 4. The topological polar surface area (TPSA) is 81.1 Å². The fourth-order valence-electron chi connectivity index (χ4n) is 3.26. The molecule has 9 heteroatoms. The third kappa shape index (κ3) is 3.62. The third-order valence-electron chi connectivity index (χ3n) is 4.65. The van der Waals surface area contributed by atoms with Crippen molar-refractivity contribution in [3.8, 4) is 28.3 Å². The van der Waals surface area contributed by atoms with Gasteiger partial charge in [-0.1, -0.05) is 41.4 Å². The Hall–Kier alpha value is -3.42. The Morgan fingerprint density at radius 1 is 1.00 bits per heavy atom. The minimum Gasteiger partial charge on any atom is -0.476 e. The number of benzene rings is 3. The summed E-state index contributed by atoms with van der Waals surface area (Å²) in [4.78, 5) is 16.3. The summed E-state index contributed by atoms with van der Waals surface area (Å²) in [5.74, 6) is -2.77. The number of nitrogens with zero attached hydrogens (tertiary/aromatic N) is 2. The molecule has 4 aromatic rings. The second-order valence-electron chi connectivity index (χ2n) is 6.56. The highest BCUT2D eigenvalue weighted by molar-refractivity contribution is 6.31. The predicted molar refractivity (Wildman–Crippen MR) is 116 cm³/mol. The van der Waals surface area contributed by atoms with Crippen LogP contribution in [-0.4, -0.2) is 20.6 Å². The standard InChI is InChI=1S/C22H13Cl2F2N3O2/c23-13-5-3-7-17(18(13)26)29-20(11-8-9-15(25)14(24)10-11)19(22(30)31)28-21(29)12-4-1-2-6-16(12)27/h1-10H,27H2,(H,30,31). The molecule has 3 aromatic carbocycles. The fraction of sp³-hybridized carbons (Fsp3) is 0. The normalized spacial score (nSPS) is 11.0. The second kappa shape index (κ2) is 8.02. The number of carbonyl (C=O) groups is 1. The molecule has 0 amide bonds. The zero-order valence-electron chi connectivity index (χ0n) is 15.6. The molecule has 0 unspecified atom stereocenters. The summed E-state index contributed by atoms with van der Waals surface area (Å²) in [5, 5.41) is 9.45. The van der Waals surface area contributed by atoms with Crippen LogP contribution >= 0.6 is 23.2 Å². The van der Waals surface area contributed by atoms with Crippen LogP contribution in [0.4, 0.5) is 14.5 Å². The van der Waals surface area contributed by atoms with Gasteiger partial charge in [-0.2, -0.15) is 0 Å². The molecule has 4 rings (SSSR count). The average molecular weight is 460 g/mol. The Morgan fingerprint density at radius 3 is 2.42 bits per heavy atom. The minimum absolute atomic E-state index is 0.00572. The van der Waals surface area contributed by atoms with Crippen molar-refractivity contribution in [1.29, 1.82) is 0 Å². The average Bonchev–Trinajstić information content (AvgIpc) is 3.13. The zero-order chi connectivity index (χ0) is 22.3. The van der Waals surface area contributed by atoms with Gasteiger partial charge in [0.05, 0.1) is 21.4 Å². The number of para-hydroxylation sites is 1. The Labute approximate surface area is 185 Å². The van der Waals surface area contributed by atoms with E-state index in [2.05, 4.69) is 4.98 Å². The van der Waals surface area contributed by atoms with E-state index >= 15 is 4.39 Å². The van der Waals surface area contributed by atoms with Crippen molar-refractivity contribution >= 4 is 34.9 Å². The van der Waals surface area contributed by atoms with E-state index in [4.69, 9.17) is 28.9 Å². The van der Waals surface area contributed by atoms with Crippen LogP contribution in [0.3, 0.4) is 0 Å². The van der Waals surface area contributed by atoms with Gasteiger partial charge in [-0.3, -0.25) is 4.57 Å². The summed E-state index contributed by atoms with van der Waals surface area (Å²) in [7, 11) is 0. The summed E-state index contributed by atoms with van der Waals surface area (Å²) in [6.45, 7) is 0. The Kier molecular flexibility index (Phi) is 5.39.